The molecular weight excluding hydrogens is 346 g/mol. The summed E-state index contributed by atoms with van der Waals surface area (Å²) in [6.07, 6.45) is 1.84. The molecule has 1 aromatic heterocycles. The van der Waals surface area contributed by atoms with Gasteiger partial charge in [0.05, 0.1) is 26.0 Å². The monoisotopic (exact) mass is 369 g/mol. The summed E-state index contributed by atoms with van der Waals surface area (Å²) in [6, 6.07) is 10.2. The summed E-state index contributed by atoms with van der Waals surface area (Å²) < 4.78 is 11.3. The zero-order chi connectivity index (χ0) is 18.3. The fourth-order valence-corrected chi connectivity index (χ4v) is 4.97. The van der Waals surface area contributed by atoms with Crippen molar-refractivity contribution in [2.75, 3.05) is 20.8 Å². The topological polar surface area (TPSA) is 47.0 Å². The Morgan fingerprint density at radius 3 is 2.69 bits per heavy atom. The van der Waals surface area contributed by atoms with E-state index in [2.05, 4.69) is 28.9 Å². The Hall–Kier alpha value is -2.21. The van der Waals surface area contributed by atoms with E-state index in [1.54, 1.807) is 14.2 Å². The molecule has 2 aromatic rings. The van der Waals surface area contributed by atoms with Gasteiger partial charge in [-0.05, 0) is 31.2 Å². The maximum Gasteiger partial charge on any atom is 0.160 e. The molecular formula is C20H23N3O2S. The van der Waals surface area contributed by atoms with Crippen LogP contribution in [0.3, 0.4) is 0 Å². The smallest absolute Gasteiger partial charge is 0.160 e. The number of nitrogens with zero attached hydrogens (tertiary/aromatic N) is 3. The van der Waals surface area contributed by atoms with E-state index < -0.39 is 0 Å². The predicted octanol–water partition coefficient (Wildman–Crippen LogP) is 4.00. The summed E-state index contributed by atoms with van der Waals surface area (Å²) in [6.45, 7) is 5.26. The first-order valence-corrected chi connectivity index (χ1v) is 9.65. The third kappa shape index (κ3) is 2.72. The van der Waals surface area contributed by atoms with Crippen LogP contribution in [-0.4, -0.2) is 41.1 Å². The van der Waals surface area contributed by atoms with Crippen LogP contribution >= 0.6 is 11.8 Å². The van der Waals surface area contributed by atoms with E-state index in [0.29, 0.717) is 5.25 Å². The number of thioether (sulfide) groups is 1. The summed E-state index contributed by atoms with van der Waals surface area (Å²) in [5.74, 6) is 1.71. The molecule has 1 fully saturated rings. The lowest BCUT2D eigenvalue weighted by atomic mass is 9.93. The summed E-state index contributed by atoms with van der Waals surface area (Å²) in [5.41, 5.74) is 3.14. The van der Waals surface area contributed by atoms with Crippen LogP contribution in [0.15, 0.2) is 41.5 Å². The zero-order valence-electron chi connectivity index (χ0n) is 15.5. The summed E-state index contributed by atoms with van der Waals surface area (Å²) in [5, 5.41) is 1.64. The maximum absolute atomic E-state index is 5.81. The molecule has 4 rings (SSSR count). The fraction of sp³-hybridized carbons (Fsp3) is 0.400. The molecule has 0 bridgehead atoms. The van der Waals surface area contributed by atoms with Crippen molar-refractivity contribution in [2.45, 2.75) is 31.2 Å². The van der Waals surface area contributed by atoms with Crippen LogP contribution in [0.25, 0.3) is 0 Å². The van der Waals surface area contributed by atoms with Crippen LogP contribution in [-0.2, 0) is 0 Å². The lowest BCUT2D eigenvalue weighted by Crippen LogP contribution is -2.29. The van der Waals surface area contributed by atoms with Gasteiger partial charge in [-0.2, -0.15) is 0 Å². The third-order valence-corrected chi connectivity index (χ3v) is 6.11. The number of methoxy groups -OCH3 is 2. The Labute approximate surface area is 158 Å². The van der Waals surface area contributed by atoms with Crippen molar-refractivity contribution in [3.05, 3.63) is 53.3 Å². The van der Waals surface area contributed by atoms with Gasteiger partial charge in [-0.15, -0.1) is 0 Å². The highest BCUT2D eigenvalue weighted by atomic mass is 32.2. The highest BCUT2D eigenvalue weighted by molar-refractivity contribution is 8.14. The third-order valence-electron chi connectivity index (χ3n) is 5.01. The van der Waals surface area contributed by atoms with Crippen molar-refractivity contribution in [2.24, 2.45) is 4.99 Å². The average Bonchev–Trinajstić information content (AvgIpc) is 3.18. The minimum Gasteiger partial charge on any atom is -0.496 e. The van der Waals surface area contributed by atoms with Crippen LogP contribution in [0.2, 0.25) is 0 Å². The molecule has 2 aliphatic heterocycles. The molecule has 0 unspecified atom stereocenters. The second kappa shape index (κ2) is 6.83. The average molecular weight is 369 g/mol. The van der Waals surface area contributed by atoms with Gasteiger partial charge >= 0.3 is 0 Å². The minimum atomic E-state index is -0.0344. The van der Waals surface area contributed by atoms with Gasteiger partial charge in [0.25, 0.3) is 0 Å². The highest BCUT2D eigenvalue weighted by Crippen LogP contribution is 2.50. The highest BCUT2D eigenvalue weighted by Gasteiger charge is 2.44. The Morgan fingerprint density at radius 2 is 2.00 bits per heavy atom. The van der Waals surface area contributed by atoms with Crippen molar-refractivity contribution in [3.8, 4) is 11.5 Å². The molecule has 136 valence electrons. The molecule has 3 heterocycles. The quantitative estimate of drug-likeness (QED) is 0.815. The second-order valence-electron chi connectivity index (χ2n) is 6.65. The minimum absolute atomic E-state index is 0.0344. The molecule has 0 saturated carbocycles. The lowest BCUT2D eigenvalue weighted by Gasteiger charge is -2.29. The number of fused-ring (bicyclic) bond motifs is 1. The standard InChI is InChI=1S/C20H23N3O2S/c1-12-11-23-18(14-8-9-16(24-3)13(2)19(14)25-4)17(22-20(23)26-12)15-7-5-6-10-21-15/h5-10,12,17-18H,11H2,1-4H3/t12-,17-,18-/m1/s1. The largest absolute Gasteiger partial charge is 0.496 e. The number of aliphatic imine (C=N–C) groups is 1. The number of hydrogen-bond acceptors (Lipinski definition) is 6. The number of hydrogen-bond donors (Lipinski definition) is 0. The van der Waals surface area contributed by atoms with Gasteiger partial charge < -0.3 is 14.4 Å². The van der Waals surface area contributed by atoms with E-state index in [1.807, 2.05) is 43.1 Å². The van der Waals surface area contributed by atoms with Gasteiger partial charge in [0, 0.05) is 29.1 Å². The molecule has 26 heavy (non-hydrogen) atoms. The van der Waals surface area contributed by atoms with E-state index in [4.69, 9.17) is 14.5 Å². The fourth-order valence-electron chi connectivity index (χ4n) is 3.87. The van der Waals surface area contributed by atoms with Crippen molar-refractivity contribution in [3.63, 3.8) is 0 Å². The number of pyridine rings is 1. The second-order valence-corrected chi connectivity index (χ2v) is 8.06. The van der Waals surface area contributed by atoms with Crippen LogP contribution < -0.4 is 9.47 Å². The number of ether oxygens (including phenoxy) is 2. The molecule has 0 N–H and O–H groups in total. The molecule has 6 heteroatoms. The molecule has 0 spiro atoms. The van der Waals surface area contributed by atoms with Gasteiger partial charge in [0.1, 0.15) is 17.5 Å². The summed E-state index contributed by atoms with van der Waals surface area (Å²) >= 11 is 1.84. The van der Waals surface area contributed by atoms with E-state index in [0.717, 1.165) is 40.0 Å². The summed E-state index contributed by atoms with van der Waals surface area (Å²) in [4.78, 5) is 12.0. The number of benzene rings is 1. The normalized spacial score (nSPS) is 24.4. The Kier molecular flexibility index (Phi) is 4.53. The molecule has 2 aliphatic rings. The molecule has 5 nitrogen and oxygen atoms in total. The van der Waals surface area contributed by atoms with Gasteiger partial charge in [-0.3, -0.25) is 9.98 Å². The van der Waals surface area contributed by atoms with E-state index in [1.165, 1.54) is 0 Å². The van der Waals surface area contributed by atoms with Gasteiger partial charge in [-0.25, -0.2) is 0 Å². The maximum atomic E-state index is 5.81. The van der Waals surface area contributed by atoms with Crippen molar-refractivity contribution in [1.29, 1.82) is 0 Å². The molecule has 1 saturated heterocycles. The summed E-state index contributed by atoms with van der Waals surface area (Å²) in [7, 11) is 3.41. The first kappa shape index (κ1) is 17.2. The van der Waals surface area contributed by atoms with Gasteiger partial charge in [0.15, 0.2) is 5.17 Å². The van der Waals surface area contributed by atoms with Crippen LogP contribution in [0.4, 0.5) is 0 Å². The van der Waals surface area contributed by atoms with Crippen LogP contribution in [0.1, 0.15) is 35.8 Å². The van der Waals surface area contributed by atoms with E-state index >= 15 is 0 Å². The predicted molar refractivity (Wildman–Crippen MR) is 105 cm³/mol. The SMILES string of the molecule is COc1ccc([C@@H]2[C@@H](c3ccccn3)N=C3S[C@H](C)CN32)c(OC)c1C. The van der Waals surface area contributed by atoms with Crippen LogP contribution in [0, 0.1) is 6.92 Å². The van der Waals surface area contributed by atoms with Crippen molar-refractivity contribution < 1.29 is 9.47 Å². The Balaban J connectivity index is 1.84. The number of amidine groups is 1. The van der Waals surface area contributed by atoms with Gasteiger partial charge in [0.2, 0.25) is 0 Å². The Bertz CT molecular complexity index is 840. The van der Waals surface area contributed by atoms with Crippen molar-refractivity contribution in [1.82, 2.24) is 9.88 Å². The van der Waals surface area contributed by atoms with Gasteiger partial charge in [-0.1, -0.05) is 24.8 Å². The lowest BCUT2D eigenvalue weighted by molar-refractivity contribution is 0.305. The number of rotatable bonds is 4. The molecule has 1 aromatic carbocycles. The zero-order valence-corrected chi connectivity index (χ0v) is 16.3. The van der Waals surface area contributed by atoms with Crippen LogP contribution in [0.5, 0.6) is 11.5 Å². The first-order chi connectivity index (χ1) is 12.6. The molecule has 0 aliphatic carbocycles. The number of aromatic nitrogens is 1. The molecule has 3 atom stereocenters. The molecule has 0 amide bonds. The van der Waals surface area contributed by atoms with E-state index in [9.17, 15) is 0 Å². The molecule has 0 radical (unpaired) electrons. The first-order valence-electron chi connectivity index (χ1n) is 8.77. The Morgan fingerprint density at radius 1 is 1.15 bits per heavy atom. The van der Waals surface area contributed by atoms with Crippen molar-refractivity contribution >= 4 is 16.9 Å². The van der Waals surface area contributed by atoms with E-state index in [-0.39, 0.29) is 12.1 Å².